The van der Waals surface area contributed by atoms with Crippen LogP contribution in [-0.4, -0.2) is 29.7 Å². The van der Waals surface area contributed by atoms with Gasteiger partial charge in [-0.25, -0.2) is 4.39 Å². The van der Waals surface area contributed by atoms with Crippen LogP contribution < -0.4 is 15.6 Å². The fourth-order valence-electron chi connectivity index (χ4n) is 4.01. The van der Waals surface area contributed by atoms with Gasteiger partial charge in [0.15, 0.2) is 5.43 Å². The summed E-state index contributed by atoms with van der Waals surface area (Å²) in [5, 5.41) is 13.5. The normalized spacial score (nSPS) is 11.1. The lowest BCUT2D eigenvalue weighted by molar-refractivity contribution is -0.137. The first kappa shape index (κ1) is 20.4. The number of nitrogens with one attached hydrogen (secondary N) is 1. The third kappa shape index (κ3) is 3.59. The molecule has 0 unspecified atom stereocenters. The van der Waals surface area contributed by atoms with Gasteiger partial charge < -0.3 is 19.9 Å². The van der Waals surface area contributed by atoms with E-state index in [2.05, 4.69) is 5.32 Å². The third-order valence-electron chi connectivity index (χ3n) is 5.29. The summed E-state index contributed by atoms with van der Waals surface area (Å²) in [6, 6.07) is 14.9. The fraction of sp³-hybridized carbons (Fsp3) is 0.167. The maximum atomic E-state index is 14.1. The maximum absolute atomic E-state index is 14.1. The summed E-state index contributed by atoms with van der Waals surface area (Å²) in [5.74, 6) is -1.43. The zero-order chi connectivity index (χ0) is 22.3. The molecule has 7 heteroatoms. The van der Waals surface area contributed by atoms with Crippen molar-refractivity contribution in [2.45, 2.75) is 13.5 Å². The second-order valence-corrected chi connectivity index (χ2v) is 7.67. The van der Waals surface area contributed by atoms with E-state index in [1.807, 2.05) is 32.0 Å². The SMILES string of the molecule is Cc1ccc2c(=O)c3ccc(Nc4ccccc4F)cc3n(CC(=O)O)c2c1N(C)C. The van der Waals surface area contributed by atoms with E-state index in [-0.39, 0.29) is 12.0 Å². The van der Waals surface area contributed by atoms with E-state index in [0.29, 0.717) is 33.2 Å². The maximum Gasteiger partial charge on any atom is 0.323 e. The van der Waals surface area contributed by atoms with Crippen LogP contribution in [0, 0.1) is 12.7 Å². The summed E-state index contributed by atoms with van der Waals surface area (Å²) >= 11 is 0. The lowest BCUT2D eigenvalue weighted by atomic mass is 10.0. The van der Waals surface area contributed by atoms with Gasteiger partial charge in [0.2, 0.25) is 0 Å². The van der Waals surface area contributed by atoms with E-state index in [0.717, 1.165) is 11.3 Å². The van der Waals surface area contributed by atoms with E-state index in [9.17, 15) is 19.1 Å². The highest BCUT2D eigenvalue weighted by molar-refractivity contribution is 6.02. The Morgan fingerprint density at radius 3 is 2.48 bits per heavy atom. The molecule has 0 saturated carbocycles. The molecule has 4 aromatic rings. The Bertz CT molecular complexity index is 1390. The van der Waals surface area contributed by atoms with Crippen LogP contribution in [0.25, 0.3) is 21.8 Å². The van der Waals surface area contributed by atoms with Gasteiger partial charge in [-0.3, -0.25) is 9.59 Å². The van der Waals surface area contributed by atoms with Gasteiger partial charge in [-0.15, -0.1) is 0 Å². The van der Waals surface area contributed by atoms with Crippen LogP contribution in [0.3, 0.4) is 0 Å². The number of hydrogen-bond acceptors (Lipinski definition) is 4. The molecule has 1 heterocycles. The number of carboxylic acid groups (broad SMARTS) is 1. The molecule has 0 aliphatic heterocycles. The lowest BCUT2D eigenvalue weighted by Gasteiger charge is -2.23. The summed E-state index contributed by atoms with van der Waals surface area (Å²) in [6.07, 6.45) is 0. The van der Waals surface area contributed by atoms with Crippen LogP contribution >= 0.6 is 0 Å². The van der Waals surface area contributed by atoms with Crippen LogP contribution in [0.2, 0.25) is 0 Å². The highest BCUT2D eigenvalue weighted by Gasteiger charge is 2.19. The number of benzene rings is 3. The second-order valence-electron chi connectivity index (χ2n) is 7.67. The number of carboxylic acids is 1. The molecule has 0 fully saturated rings. The summed E-state index contributed by atoms with van der Waals surface area (Å²) in [5.41, 5.74) is 3.41. The standard InChI is InChI=1S/C24H22FN3O3/c1-14-8-10-17-23(22(14)27(2)3)28(13-21(29)30)20-12-15(9-11-16(20)24(17)31)26-19-7-5-4-6-18(19)25/h4-12,26H,13H2,1-3H3,(H,29,30). The highest BCUT2D eigenvalue weighted by atomic mass is 19.1. The van der Waals surface area contributed by atoms with Gasteiger partial charge in [-0.2, -0.15) is 0 Å². The summed E-state index contributed by atoms with van der Waals surface area (Å²) < 4.78 is 15.7. The number of carbonyl (C=O) groups is 1. The predicted octanol–water partition coefficient (Wildman–Crippen LogP) is 4.50. The van der Waals surface area contributed by atoms with Crippen LogP contribution in [0.4, 0.5) is 21.5 Å². The molecule has 6 nitrogen and oxygen atoms in total. The number of pyridine rings is 1. The molecule has 0 amide bonds. The Kier molecular flexibility index (Phi) is 5.10. The van der Waals surface area contributed by atoms with Crippen molar-refractivity contribution in [3.05, 3.63) is 76.2 Å². The number of halogens is 1. The topological polar surface area (TPSA) is 74.6 Å². The van der Waals surface area contributed by atoms with Gasteiger partial charge >= 0.3 is 5.97 Å². The zero-order valence-electron chi connectivity index (χ0n) is 17.4. The van der Waals surface area contributed by atoms with Gasteiger partial charge in [0.25, 0.3) is 0 Å². The first-order valence-corrected chi connectivity index (χ1v) is 9.78. The van der Waals surface area contributed by atoms with Crippen molar-refractivity contribution in [3.63, 3.8) is 0 Å². The fourth-order valence-corrected chi connectivity index (χ4v) is 4.01. The molecule has 0 aliphatic rings. The van der Waals surface area contributed by atoms with Gasteiger partial charge in [0, 0.05) is 30.6 Å². The number of anilines is 3. The Hall–Kier alpha value is -3.87. The molecular formula is C24H22FN3O3. The number of rotatable bonds is 5. The number of aryl methyl sites for hydroxylation is 1. The zero-order valence-corrected chi connectivity index (χ0v) is 17.4. The van der Waals surface area contributed by atoms with Crippen LogP contribution in [0.5, 0.6) is 0 Å². The first-order chi connectivity index (χ1) is 14.8. The predicted molar refractivity (Wildman–Crippen MR) is 122 cm³/mol. The molecule has 0 aliphatic carbocycles. The minimum absolute atomic E-state index is 0.174. The number of aliphatic carboxylic acids is 1. The Morgan fingerprint density at radius 1 is 1.10 bits per heavy atom. The molecule has 1 aromatic heterocycles. The van der Waals surface area contributed by atoms with Gasteiger partial charge in [-0.1, -0.05) is 18.2 Å². The smallest absolute Gasteiger partial charge is 0.323 e. The lowest BCUT2D eigenvalue weighted by Crippen LogP contribution is -2.20. The summed E-state index contributed by atoms with van der Waals surface area (Å²) in [7, 11) is 3.72. The minimum Gasteiger partial charge on any atom is -0.480 e. The van der Waals surface area contributed by atoms with E-state index in [1.165, 1.54) is 6.07 Å². The van der Waals surface area contributed by atoms with Crippen molar-refractivity contribution in [1.82, 2.24) is 4.57 Å². The van der Waals surface area contributed by atoms with Crippen LogP contribution in [0.1, 0.15) is 5.56 Å². The molecule has 0 atom stereocenters. The molecular weight excluding hydrogens is 397 g/mol. The van der Waals surface area contributed by atoms with Crippen LogP contribution in [0.15, 0.2) is 59.4 Å². The Morgan fingerprint density at radius 2 is 1.81 bits per heavy atom. The monoisotopic (exact) mass is 419 g/mol. The molecule has 0 radical (unpaired) electrons. The highest BCUT2D eigenvalue weighted by Crippen LogP contribution is 2.32. The molecule has 0 spiro atoms. The van der Waals surface area contributed by atoms with Crippen molar-refractivity contribution in [3.8, 4) is 0 Å². The van der Waals surface area contributed by atoms with E-state index in [1.54, 1.807) is 47.0 Å². The Balaban J connectivity index is 2.07. The van der Waals surface area contributed by atoms with E-state index >= 15 is 0 Å². The number of aromatic nitrogens is 1. The van der Waals surface area contributed by atoms with E-state index in [4.69, 9.17) is 0 Å². The van der Waals surface area contributed by atoms with Gasteiger partial charge in [0.05, 0.1) is 22.4 Å². The van der Waals surface area contributed by atoms with Crippen molar-refractivity contribution in [2.75, 3.05) is 24.3 Å². The largest absolute Gasteiger partial charge is 0.480 e. The average Bonchev–Trinajstić information content (AvgIpc) is 2.72. The average molecular weight is 419 g/mol. The number of nitrogens with zero attached hydrogens (tertiary/aromatic N) is 2. The molecule has 0 bridgehead atoms. The first-order valence-electron chi connectivity index (χ1n) is 9.78. The minimum atomic E-state index is -1.02. The Labute approximate surface area is 178 Å². The van der Waals surface area contributed by atoms with Crippen molar-refractivity contribution < 1.29 is 14.3 Å². The molecule has 3 aromatic carbocycles. The quantitative estimate of drug-likeness (QED) is 0.466. The van der Waals surface area contributed by atoms with Crippen molar-refractivity contribution in [1.29, 1.82) is 0 Å². The molecule has 31 heavy (non-hydrogen) atoms. The number of para-hydroxylation sites is 1. The second kappa shape index (κ2) is 7.75. The summed E-state index contributed by atoms with van der Waals surface area (Å²) in [6.45, 7) is 1.60. The summed E-state index contributed by atoms with van der Waals surface area (Å²) in [4.78, 5) is 26.9. The molecule has 158 valence electrons. The van der Waals surface area contributed by atoms with Crippen molar-refractivity contribution >= 4 is 44.8 Å². The molecule has 0 saturated heterocycles. The number of fused-ring (bicyclic) bond motifs is 2. The molecule has 2 N–H and O–H groups in total. The molecule has 4 rings (SSSR count). The van der Waals surface area contributed by atoms with Gasteiger partial charge in [0.1, 0.15) is 12.4 Å². The third-order valence-corrected chi connectivity index (χ3v) is 5.29. The van der Waals surface area contributed by atoms with Crippen molar-refractivity contribution in [2.24, 2.45) is 0 Å². The van der Waals surface area contributed by atoms with Gasteiger partial charge in [-0.05, 0) is 48.9 Å². The van der Waals surface area contributed by atoms with Crippen LogP contribution in [-0.2, 0) is 11.3 Å². The number of hydrogen-bond donors (Lipinski definition) is 2. The van der Waals surface area contributed by atoms with E-state index < -0.39 is 11.8 Å².